The zero-order valence-electron chi connectivity index (χ0n) is 15.4. The lowest BCUT2D eigenvalue weighted by Crippen LogP contribution is -2.27. The molecule has 1 aliphatic rings. The van der Waals surface area contributed by atoms with E-state index in [1.807, 2.05) is 0 Å². The fourth-order valence-electron chi connectivity index (χ4n) is 2.52. The molecular weight excluding hydrogens is 366 g/mol. The van der Waals surface area contributed by atoms with Gasteiger partial charge in [-0.05, 0) is 24.3 Å². The molecule has 0 bridgehead atoms. The van der Waals surface area contributed by atoms with Gasteiger partial charge in [0.15, 0.2) is 0 Å². The number of nitrogens with zero attached hydrogens (tertiary/aromatic N) is 2. The summed E-state index contributed by atoms with van der Waals surface area (Å²) in [5.41, 5.74) is 0.213. The van der Waals surface area contributed by atoms with E-state index >= 15 is 0 Å². The number of nitrogens with one attached hydrogen (secondary N) is 1. The summed E-state index contributed by atoms with van der Waals surface area (Å²) in [6, 6.07) is 4.38. The average molecular weight is 385 g/mol. The fraction of sp³-hybridized carbons (Fsp3) is 0.158. The van der Waals surface area contributed by atoms with E-state index < -0.39 is 16.9 Å². The van der Waals surface area contributed by atoms with Crippen molar-refractivity contribution in [3.05, 3.63) is 76.7 Å². The van der Waals surface area contributed by atoms with Crippen molar-refractivity contribution in [3.63, 3.8) is 0 Å². The first-order valence-electron chi connectivity index (χ1n) is 8.12. The molecule has 2 rings (SSSR count). The molecule has 28 heavy (non-hydrogen) atoms. The molecule has 9 nitrogen and oxygen atoms in total. The Morgan fingerprint density at radius 3 is 2.57 bits per heavy atom. The van der Waals surface area contributed by atoms with Gasteiger partial charge in [-0.2, -0.15) is 0 Å². The fourth-order valence-corrected chi connectivity index (χ4v) is 2.52. The lowest BCUT2D eigenvalue weighted by molar-refractivity contribution is -0.383. The number of ether oxygens (including phenoxy) is 2. The molecule has 0 fully saturated rings. The summed E-state index contributed by atoms with van der Waals surface area (Å²) in [6.07, 6.45) is 7.59. The van der Waals surface area contributed by atoms with Crippen LogP contribution >= 0.6 is 0 Å². The van der Waals surface area contributed by atoms with Crippen LogP contribution in [0.2, 0.25) is 0 Å². The van der Waals surface area contributed by atoms with E-state index in [0.717, 1.165) is 0 Å². The molecule has 0 spiro atoms. The van der Waals surface area contributed by atoms with E-state index in [2.05, 4.69) is 11.9 Å². The maximum absolute atomic E-state index is 12.4. The molecule has 9 heteroatoms. The van der Waals surface area contributed by atoms with E-state index in [1.165, 1.54) is 43.5 Å². The van der Waals surface area contributed by atoms with E-state index in [9.17, 15) is 19.7 Å². The zero-order chi connectivity index (χ0) is 20.7. The van der Waals surface area contributed by atoms with Gasteiger partial charge in [0.25, 0.3) is 5.69 Å². The van der Waals surface area contributed by atoms with Gasteiger partial charge in [0, 0.05) is 18.8 Å². The molecule has 0 radical (unpaired) electrons. The molecular formula is C19H19N3O6. The Labute approximate surface area is 161 Å². The molecule has 0 atom stereocenters. The third-order valence-corrected chi connectivity index (χ3v) is 3.78. The van der Waals surface area contributed by atoms with Gasteiger partial charge in [-0.3, -0.25) is 10.1 Å². The first-order valence-corrected chi connectivity index (χ1v) is 8.12. The Bertz CT molecular complexity index is 901. The topological polar surface area (TPSA) is 111 Å². The molecule has 0 aromatic heterocycles. The van der Waals surface area contributed by atoms with Crippen LogP contribution in [0.3, 0.4) is 0 Å². The normalized spacial score (nSPS) is 13.0. The highest BCUT2D eigenvalue weighted by molar-refractivity contribution is 6.05. The molecule has 1 aromatic rings. The molecule has 1 aliphatic heterocycles. The number of carbonyl (C=O) groups excluding carboxylic acids is 2. The van der Waals surface area contributed by atoms with Crippen LogP contribution < -0.4 is 10.2 Å². The van der Waals surface area contributed by atoms with Gasteiger partial charge in [-0.25, -0.2) is 9.59 Å². The Morgan fingerprint density at radius 2 is 1.96 bits per heavy atom. The molecule has 1 aromatic carbocycles. The van der Waals surface area contributed by atoms with Gasteiger partial charge in [0.1, 0.15) is 11.4 Å². The maximum atomic E-state index is 12.4. The largest absolute Gasteiger partial charge is 0.465 e. The van der Waals surface area contributed by atoms with Crippen molar-refractivity contribution in [1.29, 1.82) is 0 Å². The molecule has 0 unspecified atom stereocenters. The van der Waals surface area contributed by atoms with Crippen LogP contribution in [-0.4, -0.2) is 37.6 Å². The minimum absolute atomic E-state index is 0.0455. The van der Waals surface area contributed by atoms with Crippen molar-refractivity contribution < 1.29 is 24.0 Å². The number of carbonyl (C=O) groups is 2. The second kappa shape index (κ2) is 9.17. The van der Waals surface area contributed by atoms with Crippen molar-refractivity contribution in [2.75, 3.05) is 31.0 Å². The number of anilines is 2. The predicted octanol–water partition coefficient (Wildman–Crippen LogP) is 2.68. The molecule has 0 aliphatic carbocycles. The van der Waals surface area contributed by atoms with Gasteiger partial charge < -0.3 is 19.7 Å². The minimum Gasteiger partial charge on any atom is -0.465 e. The number of allylic oxidation sites excluding steroid dienone is 2. The van der Waals surface area contributed by atoms with E-state index in [4.69, 9.17) is 9.47 Å². The number of rotatable bonds is 7. The van der Waals surface area contributed by atoms with Crippen molar-refractivity contribution in [2.24, 2.45) is 0 Å². The maximum Gasteiger partial charge on any atom is 0.355 e. The van der Waals surface area contributed by atoms with E-state index in [1.54, 1.807) is 24.3 Å². The standard InChI is InChI=1S/C19H19N3O6/c1-4-10-20-15-9-8-13(12-16(15)22(25)26)21-11-6-5-7-14(18(23)27-2)17(21)19(24)28-3/h4-9,11-12,20H,1,10H2,2-3H3. The SMILES string of the molecule is C=CCNc1ccc(N2C=CC=CC(C(=O)OC)=C2C(=O)OC)cc1[N+](=O)[O-]. The van der Waals surface area contributed by atoms with Crippen LogP contribution in [-0.2, 0) is 19.1 Å². The van der Waals surface area contributed by atoms with Crippen LogP contribution in [0.4, 0.5) is 17.1 Å². The van der Waals surface area contributed by atoms with Gasteiger partial charge in [0.05, 0.1) is 30.4 Å². The van der Waals surface area contributed by atoms with Gasteiger partial charge in [0.2, 0.25) is 0 Å². The predicted molar refractivity (Wildman–Crippen MR) is 104 cm³/mol. The third kappa shape index (κ3) is 4.26. The Hall–Kier alpha value is -3.88. The van der Waals surface area contributed by atoms with Crippen molar-refractivity contribution in [2.45, 2.75) is 0 Å². The summed E-state index contributed by atoms with van der Waals surface area (Å²) in [4.78, 5) is 36.8. The zero-order valence-corrected chi connectivity index (χ0v) is 15.4. The van der Waals surface area contributed by atoms with Gasteiger partial charge in [-0.15, -0.1) is 6.58 Å². The highest BCUT2D eigenvalue weighted by atomic mass is 16.6. The van der Waals surface area contributed by atoms with Crippen LogP contribution in [0.5, 0.6) is 0 Å². The van der Waals surface area contributed by atoms with Crippen LogP contribution in [0.25, 0.3) is 0 Å². The number of nitro groups is 1. The highest BCUT2D eigenvalue weighted by Gasteiger charge is 2.28. The van der Waals surface area contributed by atoms with Crippen LogP contribution in [0, 0.1) is 10.1 Å². The summed E-state index contributed by atoms with van der Waals surface area (Å²) < 4.78 is 9.55. The first kappa shape index (κ1) is 20.4. The Balaban J connectivity index is 2.64. The number of hydrogen-bond donors (Lipinski definition) is 1. The quantitative estimate of drug-likeness (QED) is 0.330. The number of benzene rings is 1. The smallest absolute Gasteiger partial charge is 0.355 e. The summed E-state index contributed by atoms with van der Waals surface area (Å²) in [7, 11) is 2.36. The van der Waals surface area contributed by atoms with E-state index in [-0.39, 0.29) is 22.6 Å². The van der Waals surface area contributed by atoms with Gasteiger partial charge in [-0.1, -0.05) is 12.2 Å². The highest BCUT2D eigenvalue weighted by Crippen LogP contribution is 2.33. The third-order valence-electron chi connectivity index (χ3n) is 3.78. The number of nitro benzene ring substituents is 1. The molecule has 0 amide bonds. The molecule has 0 saturated heterocycles. The van der Waals surface area contributed by atoms with E-state index in [0.29, 0.717) is 12.2 Å². The monoisotopic (exact) mass is 385 g/mol. The lowest BCUT2D eigenvalue weighted by Gasteiger charge is -2.23. The molecule has 146 valence electrons. The minimum atomic E-state index is -0.798. The lowest BCUT2D eigenvalue weighted by atomic mass is 10.1. The van der Waals surface area contributed by atoms with Crippen LogP contribution in [0.1, 0.15) is 0 Å². The second-order valence-corrected chi connectivity index (χ2v) is 5.44. The summed E-state index contributed by atoms with van der Waals surface area (Å²) in [5, 5.41) is 14.4. The Kier molecular flexibility index (Phi) is 6.69. The number of hydrogen-bond acceptors (Lipinski definition) is 8. The average Bonchev–Trinajstić information content (AvgIpc) is 2.93. The van der Waals surface area contributed by atoms with Crippen LogP contribution in [0.15, 0.2) is 66.6 Å². The Morgan fingerprint density at radius 1 is 1.25 bits per heavy atom. The summed E-state index contributed by atoms with van der Waals surface area (Å²) in [5.74, 6) is -1.54. The van der Waals surface area contributed by atoms with Crippen molar-refractivity contribution in [3.8, 4) is 0 Å². The number of methoxy groups -OCH3 is 2. The number of esters is 2. The van der Waals surface area contributed by atoms with Crippen molar-refractivity contribution >= 4 is 29.0 Å². The first-order chi connectivity index (χ1) is 13.4. The van der Waals surface area contributed by atoms with Gasteiger partial charge >= 0.3 is 11.9 Å². The molecule has 0 saturated carbocycles. The van der Waals surface area contributed by atoms with Crippen molar-refractivity contribution in [1.82, 2.24) is 0 Å². The summed E-state index contributed by atoms with van der Waals surface area (Å²) in [6.45, 7) is 3.91. The second-order valence-electron chi connectivity index (χ2n) is 5.44. The molecule has 1 heterocycles. The summed E-state index contributed by atoms with van der Waals surface area (Å²) >= 11 is 0. The molecule has 1 N–H and O–H groups in total.